The zero-order valence-corrected chi connectivity index (χ0v) is 7.72. The Labute approximate surface area is 70.3 Å². The molecule has 0 aliphatic carbocycles. The van der Waals surface area contributed by atoms with Gasteiger partial charge in [0, 0.05) is 0 Å². The third-order valence-electron chi connectivity index (χ3n) is 1.25. The Morgan fingerprint density at radius 1 is 1.27 bits per heavy atom. The number of hydrogen-bond donors (Lipinski definition) is 0. The lowest BCUT2D eigenvalue weighted by atomic mass is 10.2. The standard InChI is InChI=1S/C11H17/c1-5-7-11(4)9-6-8-10(2)3/h6-9H,1,5H2,2-4H3. The van der Waals surface area contributed by atoms with Crippen LogP contribution in [0.25, 0.3) is 0 Å². The van der Waals surface area contributed by atoms with E-state index in [1.807, 2.05) is 0 Å². The minimum Gasteiger partial charge on any atom is -0.0816 e. The van der Waals surface area contributed by atoms with E-state index in [9.17, 15) is 0 Å². The summed E-state index contributed by atoms with van der Waals surface area (Å²) in [5.41, 5.74) is 2.60. The molecule has 0 saturated heterocycles. The summed E-state index contributed by atoms with van der Waals surface area (Å²) in [7, 11) is 0. The maximum absolute atomic E-state index is 3.74. The number of rotatable bonds is 3. The molecule has 0 heteroatoms. The number of hydrogen-bond acceptors (Lipinski definition) is 0. The van der Waals surface area contributed by atoms with Gasteiger partial charge in [-0.1, -0.05) is 35.5 Å². The van der Waals surface area contributed by atoms with Gasteiger partial charge in [0.25, 0.3) is 0 Å². The second-order valence-electron chi connectivity index (χ2n) is 2.84. The van der Waals surface area contributed by atoms with Gasteiger partial charge >= 0.3 is 0 Å². The smallest absolute Gasteiger partial charge is 0.0345 e. The van der Waals surface area contributed by atoms with E-state index in [1.54, 1.807) is 0 Å². The van der Waals surface area contributed by atoms with Gasteiger partial charge in [-0.25, -0.2) is 0 Å². The highest BCUT2D eigenvalue weighted by Gasteiger charge is 1.77. The van der Waals surface area contributed by atoms with Crippen molar-refractivity contribution in [2.45, 2.75) is 27.2 Å². The van der Waals surface area contributed by atoms with Crippen LogP contribution in [0.15, 0.2) is 35.5 Å². The van der Waals surface area contributed by atoms with E-state index in [0.29, 0.717) is 0 Å². The van der Waals surface area contributed by atoms with Crippen LogP contribution in [0.3, 0.4) is 0 Å². The molecule has 0 unspecified atom stereocenters. The molecule has 11 heavy (non-hydrogen) atoms. The summed E-state index contributed by atoms with van der Waals surface area (Å²) in [5.74, 6) is 0. The molecule has 61 valence electrons. The quantitative estimate of drug-likeness (QED) is 0.537. The first-order valence-electron chi connectivity index (χ1n) is 3.94. The van der Waals surface area contributed by atoms with E-state index in [4.69, 9.17) is 0 Å². The molecule has 0 bridgehead atoms. The van der Waals surface area contributed by atoms with Crippen molar-refractivity contribution >= 4 is 0 Å². The van der Waals surface area contributed by atoms with Crippen LogP contribution in [0, 0.1) is 6.92 Å². The number of allylic oxidation sites excluding steroid dienone is 6. The van der Waals surface area contributed by atoms with Crippen molar-refractivity contribution in [2.24, 2.45) is 0 Å². The molecule has 0 aliphatic rings. The van der Waals surface area contributed by atoms with E-state index < -0.39 is 0 Å². The van der Waals surface area contributed by atoms with Crippen LogP contribution in [0.4, 0.5) is 0 Å². The van der Waals surface area contributed by atoms with Crippen LogP contribution in [0.2, 0.25) is 0 Å². The first kappa shape index (κ1) is 10.2. The van der Waals surface area contributed by atoms with E-state index in [1.165, 1.54) is 11.1 Å². The Kier molecular flexibility index (Phi) is 5.54. The highest BCUT2D eigenvalue weighted by atomic mass is 13.8. The zero-order chi connectivity index (χ0) is 8.69. The van der Waals surface area contributed by atoms with E-state index >= 15 is 0 Å². The van der Waals surface area contributed by atoms with Crippen molar-refractivity contribution < 1.29 is 0 Å². The Morgan fingerprint density at radius 3 is 2.36 bits per heavy atom. The van der Waals surface area contributed by atoms with Gasteiger partial charge in [0.05, 0.1) is 0 Å². The Bertz CT molecular complexity index is 176. The average molecular weight is 149 g/mol. The SMILES string of the molecule is [CH2]CC=C(C)C=CC=C(C)C. The molecule has 0 aromatic heterocycles. The maximum atomic E-state index is 3.74. The van der Waals surface area contributed by atoms with Crippen molar-refractivity contribution in [3.8, 4) is 0 Å². The van der Waals surface area contributed by atoms with Crippen molar-refractivity contribution in [1.29, 1.82) is 0 Å². The first-order chi connectivity index (χ1) is 5.16. The molecule has 0 fully saturated rings. The fourth-order valence-corrected chi connectivity index (χ4v) is 0.688. The van der Waals surface area contributed by atoms with Crippen LogP contribution < -0.4 is 0 Å². The third-order valence-corrected chi connectivity index (χ3v) is 1.25. The topological polar surface area (TPSA) is 0 Å². The second-order valence-corrected chi connectivity index (χ2v) is 2.84. The molecule has 0 aromatic rings. The van der Waals surface area contributed by atoms with E-state index in [0.717, 1.165) is 6.42 Å². The Balaban J connectivity index is 3.93. The lowest BCUT2D eigenvalue weighted by Gasteiger charge is -1.88. The molecule has 0 amide bonds. The molecule has 0 heterocycles. The zero-order valence-electron chi connectivity index (χ0n) is 7.72. The lowest BCUT2D eigenvalue weighted by Crippen LogP contribution is -1.67. The molecular formula is C11H17. The largest absolute Gasteiger partial charge is 0.0816 e. The minimum atomic E-state index is 0.866. The lowest BCUT2D eigenvalue weighted by molar-refractivity contribution is 1.33. The van der Waals surface area contributed by atoms with Gasteiger partial charge in [0.1, 0.15) is 0 Å². The van der Waals surface area contributed by atoms with Gasteiger partial charge in [-0.2, -0.15) is 0 Å². The molecule has 0 atom stereocenters. The van der Waals surface area contributed by atoms with Gasteiger partial charge in [0.15, 0.2) is 0 Å². The molecule has 0 aromatic carbocycles. The fraction of sp³-hybridized carbons (Fsp3) is 0.364. The van der Waals surface area contributed by atoms with Crippen LogP contribution in [0.5, 0.6) is 0 Å². The van der Waals surface area contributed by atoms with Crippen LogP contribution in [0.1, 0.15) is 27.2 Å². The Hall–Kier alpha value is -0.780. The second kappa shape index (κ2) is 5.96. The van der Waals surface area contributed by atoms with Crippen molar-refractivity contribution in [3.05, 3.63) is 42.4 Å². The maximum Gasteiger partial charge on any atom is -0.0345 e. The molecule has 0 rings (SSSR count). The Morgan fingerprint density at radius 2 is 1.91 bits per heavy atom. The summed E-state index contributed by atoms with van der Waals surface area (Å²) < 4.78 is 0. The molecular weight excluding hydrogens is 132 g/mol. The third kappa shape index (κ3) is 7.11. The average Bonchev–Trinajstić information content (AvgIpc) is 1.87. The van der Waals surface area contributed by atoms with Crippen molar-refractivity contribution in [3.63, 3.8) is 0 Å². The molecule has 0 N–H and O–H groups in total. The van der Waals surface area contributed by atoms with Gasteiger partial charge < -0.3 is 0 Å². The van der Waals surface area contributed by atoms with Crippen LogP contribution in [-0.2, 0) is 0 Å². The molecule has 0 aliphatic heterocycles. The first-order valence-corrected chi connectivity index (χ1v) is 3.94. The molecule has 1 radical (unpaired) electrons. The van der Waals surface area contributed by atoms with E-state index in [-0.39, 0.29) is 0 Å². The van der Waals surface area contributed by atoms with Gasteiger partial charge in [-0.3, -0.25) is 0 Å². The van der Waals surface area contributed by atoms with Gasteiger partial charge in [-0.05, 0) is 34.1 Å². The summed E-state index contributed by atoms with van der Waals surface area (Å²) in [4.78, 5) is 0. The van der Waals surface area contributed by atoms with Crippen LogP contribution >= 0.6 is 0 Å². The molecule has 0 saturated carbocycles. The van der Waals surface area contributed by atoms with Crippen LogP contribution in [-0.4, -0.2) is 0 Å². The predicted octanol–water partition coefficient (Wildman–Crippen LogP) is 3.68. The summed E-state index contributed by atoms with van der Waals surface area (Å²) in [5, 5.41) is 0. The van der Waals surface area contributed by atoms with E-state index in [2.05, 4.69) is 52.0 Å². The molecule has 0 nitrogen and oxygen atoms in total. The fourth-order valence-electron chi connectivity index (χ4n) is 0.688. The minimum absolute atomic E-state index is 0.866. The monoisotopic (exact) mass is 149 g/mol. The summed E-state index contributed by atoms with van der Waals surface area (Å²) >= 11 is 0. The normalized spacial score (nSPS) is 12.2. The van der Waals surface area contributed by atoms with Crippen molar-refractivity contribution in [2.75, 3.05) is 0 Å². The molecule has 0 spiro atoms. The summed E-state index contributed by atoms with van der Waals surface area (Å²) in [6, 6.07) is 0. The highest BCUT2D eigenvalue weighted by Crippen LogP contribution is 1.98. The van der Waals surface area contributed by atoms with Crippen molar-refractivity contribution in [1.82, 2.24) is 0 Å². The predicted molar refractivity (Wildman–Crippen MR) is 52.3 cm³/mol. The van der Waals surface area contributed by atoms with Gasteiger partial charge in [-0.15, -0.1) is 0 Å². The summed E-state index contributed by atoms with van der Waals surface area (Å²) in [6.07, 6.45) is 9.23. The summed E-state index contributed by atoms with van der Waals surface area (Å²) in [6.45, 7) is 10.0. The highest BCUT2D eigenvalue weighted by molar-refractivity contribution is 5.21. The van der Waals surface area contributed by atoms with Gasteiger partial charge in [0.2, 0.25) is 0 Å².